The third kappa shape index (κ3) is 10.4. The monoisotopic (exact) mass is 463 g/mol. The van der Waals surface area contributed by atoms with Crippen LogP contribution >= 0.6 is 11.8 Å². The molecule has 0 saturated carbocycles. The van der Waals surface area contributed by atoms with Crippen LogP contribution in [-0.4, -0.2) is 52.2 Å². The Balaban J connectivity index is 0.000000769. The molecule has 1 aliphatic rings. The van der Waals surface area contributed by atoms with Gasteiger partial charge in [0.05, 0.1) is 25.8 Å². The van der Waals surface area contributed by atoms with Crippen LogP contribution in [0.15, 0.2) is 53.4 Å². The molecular weight excluding hydrogens is 426 g/mol. The zero-order valence-corrected chi connectivity index (χ0v) is 20.8. The molecule has 2 aromatic carbocycles. The van der Waals surface area contributed by atoms with Crippen LogP contribution in [0, 0.1) is 0 Å². The van der Waals surface area contributed by atoms with Gasteiger partial charge in [0.15, 0.2) is 0 Å². The van der Waals surface area contributed by atoms with Crippen molar-refractivity contribution in [3.05, 3.63) is 54.1 Å². The average Bonchev–Trinajstić information content (AvgIpc) is 2.85. The zero-order chi connectivity index (χ0) is 23.6. The van der Waals surface area contributed by atoms with Crippen LogP contribution in [0.5, 0.6) is 5.75 Å². The van der Waals surface area contributed by atoms with E-state index >= 15 is 0 Å². The number of carbonyl (C=O) groups excluding carboxylic acids is 1. The van der Waals surface area contributed by atoms with E-state index in [2.05, 4.69) is 43.7 Å². The molecule has 0 N–H and O–H groups in total. The van der Waals surface area contributed by atoms with E-state index in [0.717, 1.165) is 36.8 Å². The van der Waals surface area contributed by atoms with Gasteiger partial charge in [-0.25, -0.2) is 4.79 Å². The highest BCUT2D eigenvalue weighted by molar-refractivity contribution is 7.99. The molecular formula is C25H37NO5S. The minimum absolute atomic E-state index is 0.292. The SMILES string of the molecule is CC.CCOC.COOC(=O)CCc1ccc(OCCN2CCSc3ccccc32)cc1. The van der Waals surface area contributed by atoms with Gasteiger partial charge in [-0.1, -0.05) is 38.1 Å². The maximum Gasteiger partial charge on any atom is 0.342 e. The van der Waals surface area contributed by atoms with Crippen molar-refractivity contribution in [3.8, 4) is 5.75 Å². The van der Waals surface area contributed by atoms with Crippen LogP contribution in [0.2, 0.25) is 0 Å². The van der Waals surface area contributed by atoms with E-state index in [4.69, 9.17) is 4.74 Å². The molecule has 0 bridgehead atoms. The maximum atomic E-state index is 11.3. The molecule has 1 aliphatic heterocycles. The summed E-state index contributed by atoms with van der Waals surface area (Å²) in [7, 11) is 3.01. The first-order chi connectivity index (χ1) is 15.7. The second kappa shape index (κ2) is 17.3. The van der Waals surface area contributed by atoms with Gasteiger partial charge in [0, 0.05) is 30.9 Å². The van der Waals surface area contributed by atoms with Gasteiger partial charge >= 0.3 is 5.97 Å². The lowest BCUT2D eigenvalue weighted by Crippen LogP contribution is -2.33. The number of fused-ring (bicyclic) bond motifs is 1. The molecule has 32 heavy (non-hydrogen) atoms. The summed E-state index contributed by atoms with van der Waals surface area (Å²) in [6.45, 7) is 9.32. The standard InChI is InChI=1S/C20H23NO4S.C3H8O.C2H6/c1-23-25-20(22)11-8-16-6-9-17(10-7-16)24-14-12-21-13-15-26-19-5-3-2-4-18(19)21;1-3-4-2;1-2/h2-7,9-10H,8,11-15H2,1H3;3H2,1-2H3;1-2H3. The minimum Gasteiger partial charge on any atom is -0.492 e. The molecule has 1 heterocycles. The van der Waals surface area contributed by atoms with Crippen LogP contribution in [0.25, 0.3) is 0 Å². The molecule has 0 aromatic heterocycles. The zero-order valence-electron chi connectivity index (χ0n) is 20.0. The molecule has 0 atom stereocenters. The first-order valence-corrected chi connectivity index (χ1v) is 12.1. The summed E-state index contributed by atoms with van der Waals surface area (Å²) in [6, 6.07) is 16.3. The smallest absolute Gasteiger partial charge is 0.342 e. The fraction of sp³-hybridized carbons (Fsp3) is 0.480. The molecule has 0 saturated heterocycles. The van der Waals surface area contributed by atoms with Crippen molar-refractivity contribution in [2.24, 2.45) is 0 Å². The Morgan fingerprint density at radius 1 is 1.06 bits per heavy atom. The summed E-state index contributed by atoms with van der Waals surface area (Å²) in [5.41, 5.74) is 2.36. The van der Waals surface area contributed by atoms with Crippen molar-refractivity contribution in [1.29, 1.82) is 0 Å². The van der Waals surface area contributed by atoms with E-state index in [1.165, 1.54) is 17.7 Å². The van der Waals surface area contributed by atoms with E-state index in [1.807, 2.05) is 56.8 Å². The number of carbonyl (C=O) groups is 1. The highest BCUT2D eigenvalue weighted by Gasteiger charge is 2.16. The van der Waals surface area contributed by atoms with Crippen molar-refractivity contribution in [2.45, 2.75) is 38.5 Å². The summed E-state index contributed by atoms with van der Waals surface area (Å²) in [6.07, 6.45) is 0.908. The van der Waals surface area contributed by atoms with Crippen LogP contribution < -0.4 is 9.64 Å². The summed E-state index contributed by atoms with van der Waals surface area (Å²) >= 11 is 1.91. The molecule has 0 radical (unpaired) electrons. The topological polar surface area (TPSA) is 57.2 Å². The molecule has 0 unspecified atom stereocenters. The molecule has 0 spiro atoms. The fourth-order valence-electron chi connectivity index (χ4n) is 2.87. The Morgan fingerprint density at radius 2 is 1.75 bits per heavy atom. The van der Waals surface area contributed by atoms with Crippen molar-refractivity contribution < 1.29 is 24.0 Å². The van der Waals surface area contributed by atoms with Crippen molar-refractivity contribution >= 4 is 23.4 Å². The Hall–Kier alpha value is -2.22. The molecule has 0 fully saturated rings. The van der Waals surface area contributed by atoms with Gasteiger partial charge in [-0.05, 0) is 43.2 Å². The molecule has 2 aromatic rings. The number of nitrogens with zero attached hydrogens (tertiary/aromatic N) is 1. The number of rotatable bonds is 9. The van der Waals surface area contributed by atoms with Crippen LogP contribution in [-0.2, 0) is 25.7 Å². The fourth-order valence-corrected chi connectivity index (χ4v) is 3.92. The number of ether oxygens (including phenoxy) is 2. The van der Waals surface area contributed by atoms with Crippen molar-refractivity contribution in [2.75, 3.05) is 51.2 Å². The Labute approximate surface area is 197 Å². The van der Waals surface area contributed by atoms with E-state index in [9.17, 15) is 4.79 Å². The number of methoxy groups -OCH3 is 1. The molecule has 3 rings (SSSR count). The third-order valence-corrected chi connectivity index (χ3v) is 5.50. The van der Waals surface area contributed by atoms with Crippen LogP contribution in [0.1, 0.15) is 32.8 Å². The number of hydrogen-bond acceptors (Lipinski definition) is 7. The van der Waals surface area contributed by atoms with E-state index in [-0.39, 0.29) is 5.97 Å². The second-order valence-corrected chi connectivity index (χ2v) is 7.63. The van der Waals surface area contributed by atoms with Gasteiger partial charge in [-0.15, -0.1) is 11.8 Å². The summed E-state index contributed by atoms with van der Waals surface area (Å²) in [5.74, 6) is 1.58. The predicted molar refractivity (Wildman–Crippen MR) is 132 cm³/mol. The summed E-state index contributed by atoms with van der Waals surface area (Å²) in [4.78, 5) is 23.8. The normalized spacial score (nSPS) is 11.8. The number of para-hydroxylation sites is 1. The minimum atomic E-state index is -0.368. The predicted octanol–water partition coefficient (Wildman–Crippen LogP) is 5.39. The number of benzene rings is 2. The largest absolute Gasteiger partial charge is 0.492 e. The lowest BCUT2D eigenvalue weighted by Gasteiger charge is -2.30. The first-order valence-electron chi connectivity index (χ1n) is 11.1. The van der Waals surface area contributed by atoms with E-state index in [1.54, 1.807) is 7.11 Å². The third-order valence-electron chi connectivity index (χ3n) is 4.46. The van der Waals surface area contributed by atoms with Crippen LogP contribution in [0.3, 0.4) is 0 Å². The van der Waals surface area contributed by atoms with Gasteiger partial charge in [-0.3, -0.25) is 4.89 Å². The summed E-state index contributed by atoms with van der Waals surface area (Å²) in [5, 5.41) is 0. The maximum absolute atomic E-state index is 11.3. The Morgan fingerprint density at radius 3 is 2.41 bits per heavy atom. The van der Waals surface area contributed by atoms with Gasteiger partial charge in [-0.2, -0.15) is 4.89 Å². The number of aryl methyl sites for hydroxylation is 1. The quantitative estimate of drug-likeness (QED) is 0.365. The first kappa shape index (κ1) is 27.8. The highest BCUT2D eigenvalue weighted by Crippen LogP contribution is 2.33. The Bertz CT molecular complexity index is 752. The van der Waals surface area contributed by atoms with Gasteiger partial charge < -0.3 is 14.4 Å². The second-order valence-electron chi connectivity index (χ2n) is 6.50. The van der Waals surface area contributed by atoms with Gasteiger partial charge in [0.2, 0.25) is 0 Å². The van der Waals surface area contributed by atoms with E-state index < -0.39 is 0 Å². The number of thioether (sulfide) groups is 1. The number of hydrogen-bond donors (Lipinski definition) is 0. The lowest BCUT2D eigenvalue weighted by atomic mass is 10.1. The van der Waals surface area contributed by atoms with Gasteiger partial charge in [0.25, 0.3) is 0 Å². The average molecular weight is 464 g/mol. The molecule has 7 heteroatoms. The van der Waals surface area contributed by atoms with Crippen molar-refractivity contribution in [3.63, 3.8) is 0 Å². The van der Waals surface area contributed by atoms with Gasteiger partial charge in [0.1, 0.15) is 12.4 Å². The Kier molecular flexibility index (Phi) is 15.1. The molecule has 6 nitrogen and oxygen atoms in total. The number of anilines is 1. The van der Waals surface area contributed by atoms with Crippen LogP contribution in [0.4, 0.5) is 5.69 Å². The van der Waals surface area contributed by atoms with Crippen molar-refractivity contribution in [1.82, 2.24) is 0 Å². The molecule has 0 amide bonds. The highest BCUT2D eigenvalue weighted by atomic mass is 32.2. The summed E-state index contributed by atoms with van der Waals surface area (Å²) < 4.78 is 10.4. The van der Waals surface area contributed by atoms with E-state index in [0.29, 0.717) is 19.4 Å². The molecule has 178 valence electrons. The lowest BCUT2D eigenvalue weighted by molar-refractivity contribution is -0.254. The molecule has 0 aliphatic carbocycles.